The Balaban J connectivity index is 1.59. The second-order valence-corrected chi connectivity index (χ2v) is 8.38. The first kappa shape index (κ1) is 21.4. The lowest BCUT2D eigenvalue weighted by Crippen LogP contribution is -2.49. The number of anilines is 1. The summed E-state index contributed by atoms with van der Waals surface area (Å²) >= 11 is 0. The summed E-state index contributed by atoms with van der Waals surface area (Å²) in [6, 6.07) is 9.07. The summed E-state index contributed by atoms with van der Waals surface area (Å²) in [7, 11) is -4.32. The van der Waals surface area contributed by atoms with E-state index in [2.05, 4.69) is 4.98 Å². The predicted octanol–water partition coefficient (Wildman–Crippen LogP) is 0.154. The van der Waals surface area contributed by atoms with E-state index in [1.165, 1.54) is 12.1 Å². The fourth-order valence-electron chi connectivity index (χ4n) is 3.19. The Morgan fingerprint density at radius 1 is 1.39 bits per heavy atom. The summed E-state index contributed by atoms with van der Waals surface area (Å²) in [5, 5.41) is 30.2. The highest BCUT2D eigenvalue weighted by Gasteiger charge is 2.66. The van der Waals surface area contributed by atoms with Gasteiger partial charge in [0.15, 0.2) is 0 Å². The van der Waals surface area contributed by atoms with Crippen LogP contribution < -0.4 is 15.9 Å². The predicted molar refractivity (Wildman–Crippen MR) is 98.9 cm³/mol. The molecule has 0 radical (unpaired) electrons. The van der Waals surface area contributed by atoms with Gasteiger partial charge in [-0.3, -0.25) is 18.4 Å². The number of aromatic nitrogens is 2. The number of fused-ring (bicyclic) bond motifs is 1. The Morgan fingerprint density at radius 2 is 2.13 bits per heavy atom. The molecule has 0 bridgehead atoms. The highest BCUT2D eigenvalue weighted by atomic mass is 31.2. The van der Waals surface area contributed by atoms with Crippen molar-refractivity contribution in [2.24, 2.45) is 0 Å². The number of nitrogens with zero attached hydrogens (tertiary/aromatic N) is 3. The van der Waals surface area contributed by atoms with Gasteiger partial charge in [-0.1, -0.05) is 18.2 Å². The molecule has 1 aromatic carbocycles. The van der Waals surface area contributed by atoms with Crippen LogP contribution in [-0.4, -0.2) is 44.4 Å². The molecule has 4 rings (SSSR count). The monoisotopic (exact) mass is 454 g/mol. The van der Waals surface area contributed by atoms with Crippen molar-refractivity contribution in [3.05, 3.63) is 52.6 Å². The number of halogens is 1. The van der Waals surface area contributed by atoms with Crippen molar-refractivity contribution in [1.82, 2.24) is 9.55 Å². The first-order valence-corrected chi connectivity index (χ1v) is 10.3. The van der Waals surface area contributed by atoms with Crippen LogP contribution >= 0.6 is 7.82 Å². The number of nitriles is 1. The van der Waals surface area contributed by atoms with E-state index in [1.54, 1.807) is 18.2 Å². The molecular weight excluding hydrogens is 438 g/mol. The average molecular weight is 454 g/mol. The topological polar surface area (TPSA) is 179 Å². The average Bonchev–Trinajstić information content (AvgIpc) is 2.94. The Labute approximate surface area is 173 Å². The molecule has 31 heavy (non-hydrogen) atoms. The van der Waals surface area contributed by atoms with Gasteiger partial charge in [-0.25, -0.2) is 13.8 Å². The lowest BCUT2D eigenvalue weighted by molar-refractivity contribution is -0.226. The fourth-order valence-corrected chi connectivity index (χ4v) is 4.42. The number of ether oxygens (including phenoxy) is 1. The summed E-state index contributed by atoms with van der Waals surface area (Å²) in [6.07, 6.45) is -3.67. The van der Waals surface area contributed by atoms with Gasteiger partial charge in [0.1, 0.15) is 36.5 Å². The lowest BCUT2D eigenvalue weighted by atomic mass is 10.0. The Kier molecular flexibility index (Phi) is 5.09. The Morgan fingerprint density at radius 3 is 2.84 bits per heavy atom. The number of para-hydroxylation sites is 1. The number of phosphoric acid groups is 1. The van der Waals surface area contributed by atoms with Gasteiger partial charge in [-0.05, 0) is 12.1 Å². The van der Waals surface area contributed by atoms with Gasteiger partial charge in [0.25, 0.3) is 11.6 Å². The van der Waals surface area contributed by atoms with E-state index in [-0.39, 0.29) is 18.2 Å². The number of hydrogen-bond donors (Lipinski definition) is 3. The third-order valence-electron chi connectivity index (χ3n) is 4.79. The third kappa shape index (κ3) is 3.49. The van der Waals surface area contributed by atoms with Crippen molar-refractivity contribution in [2.45, 2.75) is 30.4 Å². The number of phosphoric ester groups is 1. The van der Waals surface area contributed by atoms with Gasteiger partial charge < -0.3 is 20.5 Å². The third-order valence-corrected chi connectivity index (χ3v) is 6.10. The second-order valence-electron chi connectivity index (χ2n) is 6.78. The van der Waals surface area contributed by atoms with E-state index in [4.69, 9.17) is 24.0 Å². The molecule has 12 nitrogen and oxygen atoms in total. The van der Waals surface area contributed by atoms with E-state index in [9.17, 15) is 24.8 Å². The van der Waals surface area contributed by atoms with Gasteiger partial charge in [0.2, 0.25) is 0 Å². The van der Waals surface area contributed by atoms with E-state index in [0.717, 1.165) is 12.3 Å². The molecular formula is C17H16FN4O8P. The van der Waals surface area contributed by atoms with Crippen molar-refractivity contribution in [2.75, 3.05) is 12.3 Å². The van der Waals surface area contributed by atoms with Gasteiger partial charge >= 0.3 is 13.5 Å². The first-order chi connectivity index (χ1) is 14.6. The van der Waals surface area contributed by atoms with Crippen LogP contribution in [0.25, 0.3) is 0 Å². The lowest BCUT2D eigenvalue weighted by Gasteiger charge is -2.29. The smallest absolute Gasteiger partial charge is 0.404 e. The van der Waals surface area contributed by atoms with Crippen LogP contribution in [0, 0.1) is 11.3 Å². The number of aliphatic hydroxyl groups excluding tert-OH is 2. The second kappa shape index (κ2) is 7.38. The molecule has 4 N–H and O–H groups in total. The fraction of sp³-hybridized carbons (Fsp3) is 0.353. The minimum Gasteiger partial charge on any atom is -0.404 e. The van der Waals surface area contributed by atoms with Crippen LogP contribution in [0.15, 0.2) is 41.3 Å². The number of hydrogen-bond acceptors (Lipinski definition) is 11. The Hall–Kier alpha value is -2.85. The molecule has 164 valence electrons. The van der Waals surface area contributed by atoms with Crippen LogP contribution in [0.3, 0.4) is 0 Å². The van der Waals surface area contributed by atoms with E-state index in [0.29, 0.717) is 10.1 Å². The molecule has 0 saturated carbocycles. The molecule has 2 aromatic rings. The largest absolute Gasteiger partial charge is 0.530 e. The summed E-state index contributed by atoms with van der Waals surface area (Å²) in [5.41, 5.74) is 2.13. The van der Waals surface area contributed by atoms with Gasteiger partial charge in [0.05, 0.1) is 6.61 Å². The van der Waals surface area contributed by atoms with Gasteiger partial charge in [-0.15, -0.1) is 0 Å². The zero-order valence-electron chi connectivity index (χ0n) is 15.6. The van der Waals surface area contributed by atoms with Crippen LogP contribution in [0.2, 0.25) is 0 Å². The van der Waals surface area contributed by atoms with Crippen molar-refractivity contribution in [1.29, 1.82) is 5.26 Å². The molecule has 0 spiro atoms. The maximum Gasteiger partial charge on any atom is 0.530 e. The highest BCUT2D eigenvalue weighted by Crippen LogP contribution is 2.56. The van der Waals surface area contributed by atoms with Crippen LogP contribution in [0.1, 0.15) is 5.56 Å². The zero-order valence-corrected chi connectivity index (χ0v) is 16.5. The minimum atomic E-state index is -4.32. The van der Waals surface area contributed by atoms with E-state index < -0.39 is 43.9 Å². The van der Waals surface area contributed by atoms with Crippen molar-refractivity contribution >= 4 is 13.6 Å². The summed E-state index contributed by atoms with van der Waals surface area (Å²) < 4.78 is 48.9. The molecule has 0 aliphatic carbocycles. The molecule has 0 amide bonds. The van der Waals surface area contributed by atoms with Gasteiger partial charge in [-0.2, -0.15) is 10.2 Å². The summed E-state index contributed by atoms with van der Waals surface area (Å²) in [5.74, 6) is -3.26. The molecule has 1 unspecified atom stereocenters. The van der Waals surface area contributed by atoms with Gasteiger partial charge in [0, 0.05) is 11.8 Å². The molecule has 1 fully saturated rings. The standard InChI is InChI=1S/C17H16FN4O8P/c18-16(9-28-31(26)27-7-10-3-1-2-4-11(10)29-31)13(23)14(24)17(8-19,30-16)22-6-5-12(20)21-15(22)25/h1-6,13-14,23-24H,7,9H2,(H2,20,21,25)/t13-,14+,16+,17+,31?/m0/s1. The first-order valence-electron chi connectivity index (χ1n) is 8.81. The van der Waals surface area contributed by atoms with E-state index >= 15 is 4.39 Å². The van der Waals surface area contributed by atoms with E-state index in [1.807, 2.05) is 0 Å². The van der Waals surface area contributed by atoms with Crippen LogP contribution in [-0.2, 0) is 30.7 Å². The quantitative estimate of drug-likeness (QED) is 0.536. The molecule has 3 heterocycles. The highest BCUT2D eigenvalue weighted by molar-refractivity contribution is 7.49. The number of aliphatic hydroxyl groups is 2. The number of rotatable bonds is 4. The summed E-state index contributed by atoms with van der Waals surface area (Å²) in [4.78, 5) is 15.5. The number of alkyl halides is 1. The van der Waals surface area contributed by atoms with Crippen molar-refractivity contribution in [3.8, 4) is 11.8 Å². The maximum absolute atomic E-state index is 15.5. The van der Waals surface area contributed by atoms with Crippen molar-refractivity contribution in [3.63, 3.8) is 0 Å². The number of nitrogen functional groups attached to an aromatic ring is 1. The molecule has 1 saturated heterocycles. The number of benzene rings is 1. The molecule has 2 aliphatic heterocycles. The van der Waals surface area contributed by atoms with Crippen LogP contribution in [0.5, 0.6) is 5.75 Å². The van der Waals surface area contributed by atoms with Crippen molar-refractivity contribution < 1.29 is 37.5 Å². The Bertz CT molecular complexity index is 1170. The van der Waals surface area contributed by atoms with Crippen LogP contribution in [0.4, 0.5) is 10.2 Å². The molecule has 2 aliphatic rings. The minimum absolute atomic E-state index is 0.145. The normalized spacial score (nSPS) is 34.5. The molecule has 14 heteroatoms. The maximum atomic E-state index is 15.5. The molecule has 5 atom stereocenters. The SMILES string of the molecule is N#C[C@@]1(n2ccc(N)nc2=O)O[C@](F)(COP2(=O)OCc3ccccc3O2)[C@@H](O)[C@H]1O. The zero-order chi connectivity index (χ0) is 22.4. The number of nitrogens with two attached hydrogens (primary N) is 1. The molecule has 1 aromatic heterocycles. The summed E-state index contributed by atoms with van der Waals surface area (Å²) in [6.45, 7) is -1.40.